The van der Waals surface area contributed by atoms with Crippen LogP contribution >= 0.6 is 11.6 Å². The molecule has 0 saturated carbocycles. The maximum absolute atomic E-state index is 13.1. The van der Waals surface area contributed by atoms with Gasteiger partial charge in [0, 0.05) is 12.2 Å². The molecule has 104 valence electrons. The van der Waals surface area contributed by atoms with Gasteiger partial charge in [-0.25, -0.2) is 4.39 Å². The summed E-state index contributed by atoms with van der Waals surface area (Å²) in [6.07, 6.45) is 0.111. The second-order valence-corrected chi connectivity index (χ2v) is 4.71. The molecule has 20 heavy (non-hydrogen) atoms. The summed E-state index contributed by atoms with van der Waals surface area (Å²) in [6.45, 7) is 0.102. The van der Waals surface area contributed by atoms with Crippen molar-refractivity contribution in [3.8, 4) is 6.07 Å². The number of nitriles is 1. The Morgan fingerprint density at radius 2 is 1.95 bits per heavy atom. The molecule has 1 heterocycles. The lowest BCUT2D eigenvalue weighted by Gasteiger charge is -2.33. The summed E-state index contributed by atoms with van der Waals surface area (Å²) >= 11 is 5.69. The number of amides is 2. The van der Waals surface area contributed by atoms with E-state index in [0.717, 1.165) is 4.90 Å². The molecule has 1 aliphatic rings. The van der Waals surface area contributed by atoms with Gasteiger partial charge in [-0.15, -0.1) is 0 Å². The van der Waals surface area contributed by atoms with E-state index in [1.165, 1.54) is 23.1 Å². The molecule has 0 atom stereocenters. The largest absolute Gasteiger partial charge is 0.353 e. The number of halogens is 2. The monoisotopic (exact) mass is 295 g/mol. The van der Waals surface area contributed by atoms with Crippen LogP contribution in [0.4, 0.5) is 10.1 Å². The molecular formula is C13H11ClFN3O2. The first-order valence-corrected chi connectivity index (χ1v) is 6.31. The van der Waals surface area contributed by atoms with Gasteiger partial charge in [-0.05, 0) is 18.2 Å². The Labute approximate surface area is 120 Å². The van der Waals surface area contributed by atoms with Crippen LogP contribution in [0, 0.1) is 17.1 Å². The maximum Gasteiger partial charge on any atom is 0.248 e. The van der Waals surface area contributed by atoms with Gasteiger partial charge >= 0.3 is 0 Å². The Kier molecular flexibility index (Phi) is 4.20. The molecule has 1 aromatic carbocycles. The standard InChI is InChI=1S/C13H11ClFN3O2/c14-10-6-9(2-3-11(10)15)17-7-12(19)18(5-1-4-16)13(20)8-17/h2-3,6H,1,5,7-8H2. The number of imide groups is 1. The summed E-state index contributed by atoms with van der Waals surface area (Å²) in [7, 11) is 0. The van der Waals surface area contributed by atoms with E-state index >= 15 is 0 Å². The van der Waals surface area contributed by atoms with Crippen molar-refractivity contribution in [2.45, 2.75) is 6.42 Å². The van der Waals surface area contributed by atoms with E-state index in [1.54, 1.807) is 0 Å². The summed E-state index contributed by atoms with van der Waals surface area (Å²) in [5, 5.41) is 8.44. The zero-order valence-electron chi connectivity index (χ0n) is 10.5. The maximum atomic E-state index is 13.1. The fourth-order valence-electron chi connectivity index (χ4n) is 1.97. The van der Waals surface area contributed by atoms with Gasteiger partial charge in [0.05, 0.1) is 30.6 Å². The van der Waals surface area contributed by atoms with Crippen LogP contribution in [0.25, 0.3) is 0 Å². The van der Waals surface area contributed by atoms with Gasteiger partial charge in [0.2, 0.25) is 11.8 Å². The van der Waals surface area contributed by atoms with Gasteiger partial charge in [0.1, 0.15) is 5.82 Å². The normalized spacial score (nSPS) is 15.4. The molecule has 0 bridgehead atoms. The van der Waals surface area contributed by atoms with Crippen LogP contribution < -0.4 is 4.90 Å². The Balaban J connectivity index is 2.14. The van der Waals surface area contributed by atoms with E-state index in [0.29, 0.717) is 5.69 Å². The van der Waals surface area contributed by atoms with Crippen molar-refractivity contribution in [1.82, 2.24) is 4.90 Å². The molecule has 1 fully saturated rings. The van der Waals surface area contributed by atoms with Crippen LogP contribution in [0.5, 0.6) is 0 Å². The Morgan fingerprint density at radius 1 is 1.30 bits per heavy atom. The Hall–Kier alpha value is -2.13. The van der Waals surface area contributed by atoms with Crippen molar-refractivity contribution < 1.29 is 14.0 Å². The minimum absolute atomic E-state index is 0.000863. The number of benzene rings is 1. The van der Waals surface area contributed by atoms with Crippen molar-refractivity contribution in [3.05, 3.63) is 29.0 Å². The second-order valence-electron chi connectivity index (χ2n) is 4.30. The summed E-state index contributed by atoms with van der Waals surface area (Å²) in [6, 6.07) is 5.93. The number of piperazine rings is 1. The van der Waals surface area contributed by atoms with Gasteiger partial charge < -0.3 is 4.90 Å². The zero-order valence-corrected chi connectivity index (χ0v) is 11.2. The summed E-state index contributed by atoms with van der Waals surface area (Å²) < 4.78 is 13.1. The summed E-state index contributed by atoms with van der Waals surface area (Å²) in [4.78, 5) is 26.4. The molecule has 7 heteroatoms. The van der Waals surface area contributed by atoms with Gasteiger partial charge in [-0.2, -0.15) is 5.26 Å². The lowest BCUT2D eigenvalue weighted by molar-refractivity contribution is -0.145. The van der Waals surface area contributed by atoms with Crippen LogP contribution in [-0.4, -0.2) is 36.3 Å². The van der Waals surface area contributed by atoms with Gasteiger partial charge in [0.25, 0.3) is 0 Å². The van der Waals surface area contributed by atoms with Crippen molar-refractivity contribution in [3.63, 3.8) is 0 Å². The van der Waals surface area contributed by atoms with Crippen LogP contribution in [0.2, 0.25) is 5.02 Å². The van der Waals surface area contributed by atoms with E-state index in [-0.39, 0.29) is 42.9 Å². The van der Waals surface area contributed by atoms with Crippen LogP contribution in [0.3, 0.4) is 0 Å². The zero-order chi connectivity index (χ0) is 14.7. The lowest BCUT2D eigenvalue weighted by Crippen LogP contribution is -2.54. The highest BCUT2D eigenvalue weighted by Gasteiger charge is 2.30. The molecule has 0 radical (unpaired) electrons. The minimum Gasteiger partial charge on any atom is -0.353 e. The summed E-state index contributed by atoms with van der Waals surface area (Å²) in [5.41, 5.74) is 0.512. The molecular weight excluding hydrogens is 285 g/mol. The molecule has 2 rings (SSSR count). The highest BCUT2D eigenvalue weighted by molar-refractivity contribution is 6.31. The molecule has 0 aliphatic carbocycles. The third kappa shape index (κ3) is 2.89. The average Bonchev–Trinajstić information content (AvgIpc) is 2.41. The Bertz CT molecular complexity index is 582. The SMILES string of the molecule is N#CCCN1C(=O)CN(c2ccc(F)c(Cl)c2)CC1=O. The van der Waals surface area contributed by atoms with Crippen molar-refractivity contribution in [2.75, 3.05) is 24.5 Å². The van der Waals surface area contributed by atoms with Crippen molar-refractivity contribution >= 4 is 29.1 Å². The predicted molar refractivity (Wildman–Crippen MR) is 70.6 cm³/mol. The highest BCUT2D eigenvalue weighted by atomic mass is 35.5. The Morgan fingerprint density at radius 3 is 2.50 bits per heavy atom. The quantitative estimate of drug-likeness (QED) is 0.794. The summed E-state index contributed by atoms with van der Waals surface area (Å²) in [5.74, 6) is -1.31. The smallest absolute Gasteiger partial charge is 0.248 e. The number of anilines is 1. The molecule has 0 spiro atoms. The lowest BCUT2D eigenvalue weighted by atomic mass is 10.2. The molecule has 0 aromatic heterocycles. The second kappa shape index (κ2) is 5.88. The molecule has 0 N–H and O–H groups in total. The molecule has 0 unspecified atom stereocenters. The first kappa shape index (κ1) is 14.3. The van der Waals surface area contributed by atoms with Gasteiger partial charge in [-0.1, -0.05) is 11.6 Å². The van der Waals surface area contributed by atoms with Crippen LogP contribution in [0.1, 0.15) is 6.42 Å². The van der Waals surface area contributed by atoms with Gasteiger partial charge in [0.15, 0.2) is 0 Å². The third-order valence-corrected chi connectivity index (χ3v) is 3.26. The van der Waals surface area contributed by atoms with E-state index in [2.05, 4.69) is 0 Å². The average molecular weight is 296 g/mol. The number of carbonyl (C=O) groups excluding carboxylic acids is 2. The highest BCUT2D eigenvalue weighted by Crippen LogP contribution is 2.24. The number of hydrogen-bond donors (Lipinski definition) is 0. The first-order chi connectivity index (χ1) is 9.52. The third-order valence-electron chi connectivity index (χ3n) is 2.97. The van der Waals surface area contributed by atoms with Crippen molar-refractivity contribution in [2.24, 2.45) is 0 Å². The van der Waals surface area contributed by atoms with E-state index in [1.807, 2.05) is 6.07 Å². The van der Waals surface area contributed by atoms with Crippen LogP contribution in [0.15, 0.2) is 18.2 Å². The van der Waals surface area contributed by atoms with E-state index < -0.39 is 5.82 Å². The molecule has 5 nitrogen and oxygen atoms in total. The van der Waals surface area contributed by atoms with Crippen molar-refractivity contribution in [1.29, 1.82) is 5.26 Å². The van der Waals surface area contributed by atoms with E-state index in [4.69, 9.17) is 16.9 Å². The molecule has 1 aromatic rings. The number of carbonyl (C=O) groups is 2. The molecule has 2 amide bonds. The van der Waals surface area contributed by atoms with Crippen LogP contribution in [-0.2, 0) is 9.59 Å². The number of hydrogen-bond acceptors (Lipinski definition) is 4. The van der Waals surface area contributed by atoms with E-state index in [9.17, 15) is 14.0 Å². The van der Waals surface area contributed by atoms with Gasteiger partial charge in [-0.3, -0.25) is 14.5 Å². The topological polar surface area (TPSA) is 64.4 Å². The predicted octanol–water partition coefficient (Wildman–Crippen LogP) is 1.57. The molecule has 1 saturated heterocycles. The fourth-order valence-corrected chi connectivity index (χ4v) is 2.14. The molecule has 1 aliphatic heterocycles. The number of rotatable bonds is 3. The first-order valence-electron chi connectivity index (χ1n) is 5.93. The number of nitrogens with zero attached hydrogens (tertiary/aromatic N) is 3. The minimum atomic E-state index is -0.555. The fraction of sp³-hybridized carbons (Fsp3) is 0.308.